The van der Waals surface area contributed by atoms with Crippen LogP contribution in [0.4, 0.5) is 0 Å². The van der Waals surface area contributed by atoms with E-state index >= 15 is 0 Å². The van der Waals surface area contributed by atoms with Crippen LogP contribution < -0.4 is 5.73 Å². The Hall–Kier alpha value is -1.46. The molecular weight excluding hydrogens is 350 g/mol. The Kier molecular flexibility index (Phi) is 13.6. The third-order valence-electron chi connectivity index (χ3n) is 5.45. The number of unbranched alkanes of at least 4 members (excludes halogenated alkanes) is 10. The van der Waals surface area contributed by atoms with Crippen molar-refractivity contribution in [3.63, 3.8) is 0 Å². The zero-order chi connectivity index (χ0) is 20.5. The summed E-state index contributed by atoms with van der Waals surface area (Å²) in [5, 5.41) is 9.23. The molecule has 1 atom stereocenters. The molecule has 0 bridgehead atoms. The fourth-order valence-electron chi connectivity index (χ4n) is 3.81. The molecule has 28 heavy (non-hydrogen) atoms. The molecule has 1 unspecified atom stereocenters. The predicted molar refractivity (Wildman–Crippen MR) is 118 cm³/mol. The third-order valence-corrected chi connectivity index (χ3v) is 5.45. The lowest BCUT2D eigenvalue weighted by atomic mass is 10.1. The number of aliphatic carboxylic acids is 1. The number of carboxylic acids is 1. The van der Waals surface area contributed by atoms with Gasteiger partial charge in [0.2, 0.25) is 5.84 Å². The summed E-state index contributed by atoms with van der Waals surface area (Å²) in [7, 11) is 0. The second kappa shape index (κ2) is 15.5. The van der Waals surface area contributed by atoms with Gasteiger partial charge in [0.1, 0.15) is 12.7 Å². The van der Waals surface area contributed by atoms with Gasteiger partial charge in [0.05, 0.1) is 6.20 Å². The second-order valence-corrected chi connectivity index (χ2v) is 7.92. The average Bonchev–Trinajstić information content (AvgIpc) is 3.03. The fraction of sp³-hybridized carbons (Fsp3) is 0.739. The van der Waals surface area contributed by atoms with Crippen LogP contribution in [0.2, 0.25) is 0 Å². The van der Waals surface area contributed by atoms with Crippen LogP contribution in [-0.2, 0) is 4.79 Å². The summed E-state index contributed by atoms with van der Waals surface area (Å²) in [5.41, 5.74) is 5.71. The normalized spacial score (nSPS) is 18.9. The molecule has 5 heteroatoms. The number of allylic oxidation sites excluding steroid dienone is 2. The third kappa shape index (κ3) is 10.2. The topological polar surface area (TPSA) is 75.7 Å². The summed E-state index contributed by atoms with van der Waals surface area (Å²) in [4.78, 5) is 15.7. The molecule has 0 aromatic heterocycles. The lowest BCUT2D eigenvalue weighted by molar-refractivity contribution is -0.778. The molecule has 0 saturated carbocycles. The van der Waals surface area contributed by atoms with Crippen molar-refractivity contribution in [1.82, 2.24) is 0 Å². The Morgan fingerprint density at radius 3 is 2.25 bits per heavy atom. The van der Waals surface area contributed by atoms with Crippen molar-refractivity contribution in [3.8, 4) is 0 Å². The van der Waals surface area contributed by atoms with E-state index in [-0.39, 0.29) is 6.54 Å². The Morgan fingerprint density at radius 1 is 1.04 bits per heavy atom. The first-order valence-electron chi connectivity index (χ1n) is 11.3. The molecule has 0 spiro atoms. The van der Waals surface area contributed by atoms with E-state index in [4.69, 9.17) is 5.73 Å². The number of quaternary nitrogens is 1. The molecule has 0 fully saturated rings. The molecule has 0 saturated heterocycles. The smallest absolute Gasteiger partial charge is 0.360 e. The van der Waals surface area contributed by atoms with Crippen molar-refractivity contribution < 1.29 is 14.4 Å². The summed E-state index contributed by atoms with van der Waals surface area (Å²) >= 11 is 0. The van der Waals surface area contributed by atoms with Crippen molar-refractivity contribution in [2.24, 2.45) is 10.7 Å². The van der Waals surface area contributed by atoms with Gasteiger partial charge in [-0.15, -0.1) is 0 Å². The van der Waals surface area contributed by atoms with Crippen LogP contribution in [0.5, 0.6) is 0 Å². The van der Waals surface area contributed by atoms with Gasteiger partial charge < -0.3 is 10.8 Å². The van der Waals surface area contributed by atoms with Gasteiger partial charge in [-0.05, 0) is 32.1 Å². The molecule has 0 aromatic rings. The van der Waals surface area contributed by atoms with Crippen LogP contribution in [-0.4, -0.2) is 41.0 Å². The summed E-state index contributed by atoms with van der Waals surface area (Å²) in [6.07, 6.45) is 24.4. The molecule has 1 rings (SSSR count). The largest absolute Gasteiger partial charge is 0.477 e. The summed E-state index contributed by atoms with van der Waals surface area (Å²) in [5.74, 6) is 0.149. The zero-order valence-corrected chi connectivity index (χ0v) is 18.0. The highest BCUT2D eigenvalue weighted by Crippen LogP contribution is 2.21. The number of nitrogens with two attached hydrogens (primary N) is 1. The molecule has 0 radical (unpaired) electrons. The van der Waals surface area contributed by atoms with Gasteiger partial charge in [0, 0.05) is 13.0 Å². The molecule has 3 N–H and O–H groups in total. The minimum Gasteiger partial charge on any atom is -0.477 e. The first-order chi connectivity index (χ1) is 13.6. The Bertz CT molecular complexity index is 514. The number of aliphatic imine (C=N–C) groups is 1. The van der Waals surface area contributed by atoms with Gasteiger partial charge >= 0.3 is 5.97 Å². The SMILES string of the molecule is CCCCCCC/C=C/CCCCCCCC1=NC=C[N+]1(CCN)CC(=O)O. The van der Waals surface area contributed by atoms with Crippen molar-refractivity contribution >= 4 is 11.8 Å². The first-order valence-corrected chi connectivity index (χ1v) is 11.3. The number of rotatable bonds is 18. The van der Waals surface area contributed by atoms with E-state index in [2.05, 4.69) is 24.1 Å². The van der Waals surface area contributed by atoms with Crippen LogP contribution >= 0.6 is 0 Å². The number of carbonyl (C=O) groups is 1. The molecular formula is C23H42N3O2+. The quantitative estimate of drug-likeness (QED) is 0.187. The Balaban J connectivity index is 2.07. The summed E-state index contributed by atoms with van der Waals surface area (Å²) < 4.78 is 0.301. The minimum atomic E-state index is -0.804. The maximum Gasteiger partial charge on any atom is 0.360 e. The lowest BCUT2D eigenvalue weighted by Gasteiger charge is -2.30. The highest BCUT2D eigenvalue weighted by atomic mass is 16.4. The number of hydrogen-bond donors (Lipinski definition) is 2. The fourth-order valence-corrected chi connectivity index (χ4v) is 3.81. The Labute approximate surface area is 172 Å². The van der Waals surface area contributed by atoms with Crippen molar-refractivity contribution in [1.29, 1.82) is 0 Å². The van der Waals surface area contributed by atoms with Crippen LogP contribution in [0.15, 0.2) is 29.5 Å². The minimum absolute atomic E-state index is 0.0392. The van der Waals surface area contributed by atoms with Gasteiger partial charge in [0.15, 0.2) is 6.54 Å². The monoisotopic (exact) mass is 392 g/mol. The Morgan fingerprint density at radius 2 is 1.64 bits per heavy atom. The average molecular weight is 393 g/mol. The molecule has 0 aliphatic carbocycles. The molecule has 0 amide bonds. The standard InChI is InChI=1S/C23H41N3O2/c1-2-3-4-5-6-7-8-9-10-11-12-13-14-15-16-22-25-18-20-26(22,19-17-24)21-23(27)28/h8-9,18,20H,2-7,10-17,19,21,24H2,1H3/p+1/b9-8+. The molecule has 1 heterocycles. The van der Waals surface area contributed by atoms with E-state index in [0.29, 0.717) is 17.6 Å². The highest BCUT2D eigenvalue weighted by molar-refractivity contribution is 5.81. The molecule has 0 aromatic carbocycles. The van der Waals surface area contributed by atoms with E-state index in [1.807, 2.05) is 6.20 Å². The van der Waals surface area contributed by atoms with Gasteiger partial charge in [-0.25, -0.2) is 14.3 Å². The zero-order valence-electron chi connectivity index (χ0n) is 18.0. The van der Waals surface area contributed by atoms with Gasteiger partial charge in [-0.2, -0.15) is 0 Å². The first kappa shape index (κ1) is 24.6. The highest BCUT2D eigenvalue weighted by Gasteiger charge is 2.36. The molecule has 1 aliphatic heterocycles. The van der Waals surface area contributed by atoms with Crippen molar-refractivity contribution in [2.45, 2.75) is 90.4 Å². The van der Waals surface area contributed by atoms with E-state index in [0.717, 1.165) is 18.7 Å². The number of nitrogens with zero attached hydrogens (tertiary/aromatic N) is 2. The molecule has 5 nitrogen and oxygen atoms in total. The van der Waals surface area contributed by atoms with Crippen LogP contribution in [0.25, 0.3) is 0 Å². The number of hydrogen-bond acceptors (Lipinski definition) is 3. The van der Waals surface area contributed by atoms with E-state index in [9.17, 15) is 9.90 Å². The van der Waals surface area contributed by atoms with Crippen molar-refractivity contribution in [3.05, 3.63) is 24.6 Å². The number of amidine groups is 1. The number of carboxylic acid groups (broad SMARTS) is 1. The van der Waals surface area contributed by atoms with Crippen LogP contribution in [0.3, 0.4) is 0 Å². The molecule has 160 valence electrons. The van der Waals surface area contributed by atoms with Gasteiger partial charge in [0.25, 0.3) is 0 Å². The van der Waals surface area contributed by atoms with E-state index < -0.39 is 5.97 Å². The summed E-state index contributed by atoms with van der Waals surface area (Å²) in [6.45, 7) is 3.36. The van der Waals surface area contributed by atoms with Crippen LogP contribution in [0.1, 0.15) is 90.4 Å². The predicted octanol–water partition coefficient (Wildman–Crippen LogP) is 5.38. The van der Waals surface area contributed by atoms with Crippen molar-refractivity contribution in [2.75, 3.05) is 19.6 Å². The summed E-state index contributed by atoms with van der Waals surface area (Å²) in [6, 6.07) is 0. The van der Waals surface area contributed by atoms with Gasteiger partial charge in [-0.1, -0.05) is 64.0 Å². The molecule has 1 aliphatic rings. The maximum atomic E-state index is 11.2. The van der Waals surface area contributed by atoms with E-state index in [1.54, 1.807) is 6.20 Å². The van der Waals surface area contributed by atoms with Crippen LogP contribution in [0, 0.1) is 0 Å². The maximum absolute atomic E-state index is 11.2. The lowest BCUT2D eigenvalue weighted by Crippen LogP contribution is -2.52. The van der Waals surface area contributed by atoms with Gasteiger partial charge in [-0.3, -0.25) is 0 Å². The second-order valence-electron chi connectivity index (χ2n) is 7.92. The van der Waals surface area contributed by atoms with E-state index in [1.165, 1.54) is 70.6 Å².